The Balaban J connectivity index is 1.72. The molecule has 0 unspecified atom stereocenters. The molecule has 0 bridgehead atoms. The highest BCUT2D eigenvalue weighted by Gasteiger charge is 2.20. The van der Waals surface area contributed by atoms with Gasteiger partial charge in [0.2, 0.25) is 5.88 Å². The van der Waals surface area contributed by atoms with E-state index in [0.717, 1.165) is 35.3 Å². The maximum absolute atomic E-state index is 11.5. The van der Waals surface area contributed by atoms with Crippen LogP contribution in [0, 0.1) is 0 Å². The zero-order valence-corrected chi connectivity index (χ0v) is 16.6. The van der Waals surface area contributed by atoms with Gasteiger partial charge in [-0.15, -0.1) is 0 Å². The molecule has 0 radical (unpaired) electrons. The minimum absolute atomic E-state index is 0.224. The normalized spacial score (nSPS) is 15.3. The number of aromatic hydroxyl groups is 1. The average molecular weight is 403 g/mol. The molecule has 0 spiro atoms. The molecule has 1 aliphatic rings. The molecular weight excluding hydrogens is 382 g/mol. The Morgan fingerprint density at radius 1 is 1.23 bits per heavy atom. The summed E-state index contributed by atoms with van der Waals surface area (Å²) in [6, 6.07) is 10.4. The van der Waals surface area contributed by atoms with Gasteiger partial charge in [-0.1, -0.05) is 12.1 Å². The average Bonchev–Trinajstić information content (AvgIpc) is 3.36. The Hall–Kier alpha value is -3.88. The molecule has 1 fully saturated rings. The summed E-state index contributed by atoms with van der Waals surface area (Å²) in [4.78, 5) is 28.0. The highest BCUT2D eigenvalue weighted by atomic mass is 16.3. The van der Waals surface area contributed by atoms with E-state index in [1.54, 1.807) is 16.8 Å². The molecule has 0 aliphatic heterocycles. The number of nitrogens with one attached hydrogen (secondary N) is 2. The van der Waals surface area contributed by atoms with Crippen molar-refractivity contribution in [3.05, 3.63) is 63.4 Å². The fourth-order valence-corrected chi connectivity index (χ4v) is 3.27. The number of fused-ring (bicyclic) bond motifs is 1. The summed E-state index contributed by atoms with van der Waals surface area (Å²) >= 11 is 0. The van der Waals surface area contributed by atoms with Gasteiger partial charge in [0, 0.05) is 36.6 Å². The summed E-state index contributed by atoms with van der Waals surface area (Å²) in [6.45, 7) is 0. The summed E-state index contributed by atoms with van der Waals surface area (Å²) in [7, 11) is 4.00. The first-order chi connectivity index (χ1) is 14.5. The molecule has 0 amide bonds. The van der Waals surface area contributed by atoms with Gasteiger partial charge in [0.15, 0.2) is 11.1 Å². The van der Waals surface area contributed by atoms with E-state index in [2.05, 4.69) is 15.1 Å². The van der Waals surface area contributed by atoms with E-state index < -0.39 is 5.69 Å². The molecule has 30 heavy (non-hydrogen) atoms. The van der Waals surface area contributed by atoms with E-state index >= 15 is 0 Å². The number of aromatic nitrogens is 5. The van der Waals surface area contributed by atoms with Crippen molar-refractivity contribution in [1.82, 2.24) is 24.6 Å². The standard InChI is InChI=1S/C21H21N7O2/c1-27(2)15-7-3-12(4-8-15)16-10-18(23-14-5-6-14)28-19(24-16)13(11-22-28)9-17-20(29)26-21(30)25-17/h3-4,7-11,14,29H,5-6H2,1-2H3,(H2,25,26,30)/b13-9+,23-18?. The van der Waals surface area contributed by atoms with Crippen molar-refractivity contribution < 1.29 is 5.11 Å². The van der Waals surface area contributed by atoms with Crippen LogP contribution in [0.5, 0.6) is 5.88 Å². The van der Waals surface area contributed by atoms with Crippen LogP contribution in [0.1, 0.15) is 18.5 Å². The smallest absolute Gasteiger partial charge is 0.326 e. The number of imidazole rings is 1. The Kier molecular flexibility index (Phi) is 4.16. The molecule has 9 heteroatoms. The van der Waals surface area contributed by atoms with E-state index in [1.807, 2.05) is 49.3 Å². The van der Waals surface area contributed by atoms with Gasteiger partial charge < -0.3 is 15.0 Å². The maximum atomic E-state index is 11.5. The second-order valence-corrected chi connectivity index (χ2v) is 7.62. The minimum Gasteiger partial charge on any atom is -0.493 e. The van der Waals surface area contributed by atoms with Gasteiger partial charge in [0.05, 0.1) is 17.9 Å². The molecule has 3 aromatic heterocycles. The SMILES string of the molecule is CN(C)c1ccc(-c2cc(=NC3CC3)n3nc/c(=C\c4[nH]c(=O)[nH]c4O)c3n2)cc1. The fourth-order valence-electron chi connectivity index (χ4n) is 3.27. The summed E-state index contributed by atoms with van der Waals surface area (Å²) in [5.74, 6) is -0.224. The minimum atomic E-state index is -0.478. The van der Waals surface area contributed by atoms with E-state index in [-0.39, 0.29) is 11.6 Å². The lowest BCUT2D eigenvalue weighted by atomic mass is 10.1. The van der Waals surface area contributed by atoms with Gasteiger partial charge in [0.1, 0.15) is 5.69 Å². The first-order valence-corrected chi connectivity index (χ1v) is 9.71. The van der Waals surface area contributed by atoms with Gasteiger partial charge in [-0.3, -0.25) is 9.98 Å². The zero-order chi connectivity index (χ0) is 20.8. The molecule has 4 aromatic rings. The van der Waals surface area contributed by atoms with E-state index in [4.69, 9.17) is 9.98 Å². The number of rotatable bonds is 4. The molecule has 3 N–H and O–H groups in total. The first kappa shape index (κ1) is 18.2. The number of nitrogens with zero attached hydrogens (tertiary/aromatic N) is 5. The van der Waals surface area contributed by atoms with E-state index in [0.29, 0.717) is 16.9 Å². The van der Waals surface area contributed by atoms with Crippen LogP contribution < -0.4 is 21.3 Å². The van der Waals surface area contributed by atoms with Crippen molar-refractivity contribution >= 4 is 17.4 Å². The number of anilines is 1. The van der Waals surface area contributed by atoms with Crippen molar-refractivity contribution in [2.45, 2.75) is 18.9 Å². The lowest BCUT2D eigenvalue weighted by Crippen LogP contribution is -2.19. The Bertz CT molecular complexity index is 1410. The van der Waals surface area contributed by atoms with Crippen molar-refractivity contribution in [2.24, 2.45) is 4.99 Å². The Morgan fingerprint density at radius 2 is 2.00 bits per heavy atom. The van der Waals surface area contributed by atoms with Crippen molar-refractivity contribution in [1.29, 1.82) is 0 Å². The van der Waals surface area contributed by atoms with Crippen LogP contribution in [0.4, 0.5) is 5.69 Å². The van der Waals surface area contributed by atoms with E-state index in [9.17, 15) is 9.90 Å². The number of aromatic amines is 2. The third-order valence-corrected chi connectivity index (χ3v) is 5.06. The quantitative estimate of drug-likeness (QED) is 0.466. The molecular formula is C21H21N7O2. The van der Waals surface area contributed by atoms with Crippen molar-refractivity contribution in [3.8, 4) is 17.1 Å². The van der Waals surface area contributed by atoms with Crippen LogP contribution in [0.3, 0.4) is 0 Å². The largest absolute Gasteiger partial charge is 0.493 e. The van der Waals surface area contributed by atoms with Crippen LogP contribution in [-0.2, 0) is 0 Å². The topological polar surface area (TPSA) is 115 Å². The molecule has 5 rings (SSSR count). The van der Waals surface area contributed by atoms with Crippen LogP contribution in [0.15, 0.2) is 46.3 Å². The summed E-state index contributed by atoms with van der Waals surface area (Å²) in [5, 5.41) is 15.0. The molecule has 3 heterocycles. The van der Waals surface area contributed by atoms with Crippen molar-refractivity contribution in [2.75, 3.05) is 19.0 Å². The third kappa shape index (κ3) is 3.34. The number of hydrogen-bond donors (Lipinski definition) is 3. The number of H-pyrrole nitrogens is 2. The molecule has 152 valence electrons. The van der Waals surface area contributed by atoms with Crippen LogP contribution in [0.2, 0.25) is 0 Å². The second-order valence-electron chi connectivity index (χ2n) is 7.62. The monoisotopic (exact) mass is 403 g/mol. The predicted molar refractivity (Wildman–Crippen MR) is 113 cm³/mol. The van der Waals surface area contributed by atoms with E-state index in [1.165, 1.54) is 0 Å². The Morgan fingerprint density at radius 3 is 2.63 bits per heavy atom. The molecule has 0 saturated heterocycles. The summed E-state index contributed by atoms with van der Waals surface area (Å²) in [5.41, 5.74) is 4.00. The zero-order valence-electron chi connectivity index (χ0n) is 16.6. The molecule has 1 aliphatic carbocycles. The molecule has 1 aromatic carbocycles. The second kappa shape index (κ2) is 6.87. The highest BCUT2D eigenvalue weighted by Crippen LogP contribution is 2.23. The van der Waals surface area contributed by atoms with Gasteiger partial charge in [0.25, 0.3) is 0 Å². The number of hydrogen-bond acceptors (Lipinski definition) is 6. The highest BCUT2D eigenvalue weighted by molar-refractivity contribution is 5.65. The van der Waals surface area contributed by atoms with Gasteiger partial charge in [-0.05, 0) is 31.1 Å². The van der Waals surface area contributed by atoms with Crippen LogP contribution in [-0.4, -0.2) is 49.8 Å². The number of benzene rings is 1. The molecule has 0 atom stereocenters. The first-order valence-electron chi connectivity index (χ1n) is 9.71. The maximum Gasteiger partial charge on any atom is 0.326 e. The lowest BCUT2D eigenvalue weighted by molar-refractivity contribution is 0.454. The molecule has 9 nitrogen and oxygen atoms in total. The van der Waals surface area contributed by atoms with Gasteiger partial charge in [-0.2, -0.15) is 9.61 Å². The van der Waals surface area contributed by atoms with Gasteiger partial charge in [-0.25, -0.2) is 9.78 Å². The summed E-state index contributed by atoms with van der Waals surface area (Å²) in [6.07, 6.45) is 5.45. The predicted octanol–water partition coefficient (Wildman–Crippen LogP) is 0.795. The lowest BCUT2D eigenvalue weighted by Gasteiger charge is -2.12. The van der Waals surface area contributed by atoms with Crippen LogP contribution >= 0.6 is 0 Å². The fraction of sp³-hybridized carbons (Fsp3) is 0.238. The van der Waals surface area contributed by atoms with Gasteiger partial charge >= 0.3 is 5.69 Å². The summed E-state index contributed by atoms with van der Waals surface area (Å²) < 4.78 is 1.70. The van der Waals surface area contributed by atoms with Crippen LogP contribution in [0.25, 0.3) is 23.0 Å². The third-order valence-electron chi connectivity index (χ3n) is 5.06. The van der Waals surface area contributed by atoms with Crippen molar-refractivity contribution in [3.63, 3.8) is 0 Å². The molecule has 1 saturated carbocycles. The Labute approximate surface area is 171 Å².